The van der Waals surface area contributed by atoms with Crippen LogP contribution in [0, 0.1) is 39.4 Å². The van der Waals surface area contributed by atoms with Crippen molar-refractivity contribution >= 4 is 11.8 Å². The predicted molar refractivity (Wildman–Crippen MR) is 72.4 cm³/mol. The molecule has 0 bridgehead atoms. The zero-order chi connectivity index (χ0) is 16.3. The van der Waals surface area contributed by atoms with E-state index >= 15 is 0 Å². The Hall–Kier alpha value is -1.92. The van der Waals surface area contributed by atoms with Gasteiger partial charge in [-0.25, -0.2) is 0 Å². The van der Waals surface area contributed by atoms with E-state index in [0.29, 0.717) is 0 Å². The zero-order valence-electron chi connectivity index (χ0n) is 12.5. The van der Waals surface area contributed by atoms with E-state index in [9.17, 15) is 25.2 Å². The molecule has 0 aromatic heterocycles. The number of ether oxygens (including phenoxy) is 1. The Bertz CT molecular complexity index is 519. The van der Waals surface area contributed by atoms with Gasteiger partial charge in [-0.3, -0.25) is 4.79 Å². The normalized spacial score (nSPS) is 35.3. The number of aliphatic hydroxyl groups excluding tert-OH is 1. The van der Waals surface area contributed by atoms with E-state index in [2.05, 4.69) is 0 Å². The Kier molecular flexibility index (Phi) is 5.09. The lowest BCUT2D eigenvalue weighted by Gasteiger charge is -2.47. The van der Waals surface area contributed by atoms with Crippen molar-refractivity contribution in [2.75, 3.05) is 6.61 Å². The highest BCUT2D eigenvalue weighted by Gasteiger charge is 2.61. The summed E-state index contributed by atoms with van der Waals surface area (Å²) in [5.41, 5.74) is -2.90. The Balaban J connectivity index is 3.40. The third-order valence-corrected chi connectivity index (χ3v) is 4.39. The van der Waals surface area contributed by atoms with E-state index in [1.807, 2.05) is 12.1 Å². The number of carbonyl (C=O) groups is 2. The summed E-state index contributed by atoms with van der Waals surface area (Å²) >= 11 is 0. The van der Waals surface area contributed by atoms with E-state index < -0.39 is 28.8 Å². The van der Waals surface area contributed by atoms with Crippen LogP contribution < -0.4 is 0 Å². The standard InChI is InChI=1S/C15H20N2O4/c1-4-21-13(20)15(9-17)6-5-12(19)14(3,8-16)11(15)7-10(2)18/h11-12,19H,4-7H2,1-3H3/t11-,12-,14+,15-/m1/s1. The molecule has 1 aliphatic carbocycles. The number of nitriles is 2. The van der Waals surface area contributed by atoms with Crippen molar-refractivity contribution in [3.63, 3.8) is 0 Å². The minimum atomic E-state index is -1.56. The molecule has 1 aliphatic rings. The largest absolute Gasteiger partial charge is 0.465 e. The molecule has 1 fully saturated rings. The summed E-state index contributed by atoms with van der Waals surface area (Å²) in [6, 6.07) is 3.99. The SMILES string of the molecule is CCOC(=O)[C@@]1(C#N)CC[C@@H](O)[C@@](C)(C#N)[C@H]1CC(C)=O. The monoisotopic (exact) mass is 292 g/mol. The van der Waals surface area contributed by atoms with E-state index in [0.717, 1.165) is 0 Å². The molecule has 1 saturated carbocycles. The van der Waals surface area contributed by atoms with Gasteiger partial charge in [0.2, 0.25) is 0 Å². The van der Waals surface area contributed by atoms with Gasteiger partial charge in [0, 0.05) is 12.3 Å². The van der Waals surface area contributed by atoms with Crippen LogP contribution in [0.25, 0.3) is 0 Å². The number of ketones is 1. The van der Waals surface area contributed by atoms with Gasteiger partial charge in [0.05, 0.1) is 30.3 Å². The van der Waals surface area contributed by atoms with Gasteiger partial charge in [-0.1, -0.05) is 0 Å². The maximum atomic E-state index is 12.3. The molecule has 0 heterocycles. The first-order chi connectivity index (χ1) is 9.78. The molecule has 0 unspecified atom stereocenters. The molecule has 6 nitrogen and oxygen atoms in total. The van der Waals surface area contributed by atoms with Crippen LogP contribution in [0.1, 0.15) is 40.0 Å². The molecule has 0 aliphatic heterocycles. The second-order valence-electron chi connectivity index (χ2n) is 5.71. The molecule has 1 rings (SSSR count). The van der Waals surface area contributed by atoms with E-state index in [4.69, 9.17) is 4.74 Å². The van der Waals surface area contributed by atoms with Crippen molar-refractivity contribution in [3.8, 4) is 12.1 Å². The number of hydrogen-bond donors (Lipinski definition) is 1. The molecule has 1 N–H and O–H groups in total. The molecule has 0 saturated heterocycles. The van der Waals surface area contributed by atoms with E-state index in [-0.39, 0.29) is 31.7 Å². The second kappa shape index (κ2) is 6.24. The smallest absolute Gasteiger partial charge is 0.326 e. The topological polar surface area (TPSA) is 111 Å². The molecule has 21 heavy (non-hydrogen) atoms. The number of hydrogen-bond acceptors (Lipinski definition) is 6. The number of esters is 1. The second-order valence-corrected chi connectivity index (χ2v) is 5.71. The third kappa shape index (κ3) is 2.77. The number of rotatable bonds is 4. The molecule has 0 amide bonds. The lowest BCUT2D eigenvalue weighted by molar-refractivity contribution is -0.165. The number of nitrogens with zero attached hydrogens (tertiary/aromatic N) is 2. The first-order valence-corrected chi connectivity index (χ1v) is 6.95. The van der Waals surface area contributed by atoms with Crippen LogP contribution in [-0.4, -0.2) is 29.6 Å². The van der Waals surface area contributed by atoms with Crippen LogP contribution in [0.4, 0.5) is 0 Å². The average molecular weight is 292 g/mol. The van der Waals surface area contributed by atoms with Crippen LogP contribution in [0.2, 0.25) is 0 Å². The van der Waals surface area contributed by atoms with Gasteiger partial charge in [-0.05, 0) is 33.6 Å². The molecule has 0 aromatic rings. The molecule has 0 spiro atoms. The van der Waals surface area contributed by atoms with Crippen molar-refractivity contribution in [1.82, 2.24) is 0 Å². The van der Waals surface area contributed by atoms with Gasteiger partial charge in [-0.2, -0.15) is 10.5 Å². The summed E-state index contributed by atoms with van der Waals surface area (Å²) in [6.07, 6.45) is -0.875. The molecule has 0 radical (unpaired) electrons. The highest BCUT2D eigenvalue weighted by Crippen LogP contribution is 2.53. The molecule has 4 atom stereocenters. The fraction of sp³-hybridized carbons (Fsp3) is 0.733. The van der Waals surface area contributed by atoms with Crippen molar-refractivity contribution in [2.45, 2.75) is 46.1 Å². The number of aliphatic hydroxyl groups is 1. The van der Waals surface area contributed by atoms with Gasteiger partial charge in [-0.15, -0.1) is 0 Å². The summed E-state index contributed by atoms with van der Waals surface area (Å²) < 4.78 is 5.00. The maximum absolute atomic E-state index is 12.3. The van der Waals surface area contributed by atoms with Crippen LogP contribution in [0.3, 0.4) is 0 Å². The Morgan fingerprint density at radius 1 is 1.38 bits per heavy atom. The summed E-state index contributed by atoms with van der Waals surface area (Å²) in [5, 5.41) is 29.2. The van der Waals surface area contributed by atoms with Gasteiger partial charge >= 0.3 is 5.97 Å². The van der Waals surface area contributed by atoms with Gasteiger partial charge in [0.1, 0.15) is 5.78 Å². The van der Waals surface area contributed by atoms with Crippen molar-refractivity contribution in [2.24, 2.45) is 16.7 Å². The van der Waals surface area contributed by atoms with E-state index in [1.165, 1.54) is 13.8 Å². The minimum absolute atomic E-state index is 0.0821. The Labute approximate surface area is 124 Å². The van der Waals surface area contributed by atoms with Crippen LogP contribution in [-0.2, 0) is 14.3 Å². The van der Waals surface area contributed by atoms with Gasteiger partial charge < -0.3 is 14.6 Å². The first kappa shape index (κ1) is 17.1. The minimum Gasteiger partial charge on any atom is -0.465 e. The highest BCUT2D eigenvalue weighted by molar-refractivity contribution is 5.83. The van der Waals surface area contributed by atoms with E-state index in [1.54, 1.807) is 6.92 Å². The summed E-state index contributed by atoms with van der Waals surface area (Å²) in [4.78, 5) is 23.9. The third-order valence-electron chi connectivity index (χ3n) is 4.39. The molecule has 114 valence electrons. The first-order valence-electron chi connectivity index (χ1n) is 6.95. The van der Waals surface area contributed by atoms with Crippen molar-refractivity contribution in [3.05, 3.63) is 0 Å². The lowest BCUT2D eigenvalue weighted by atomic mass is 9.53. The van der Waals surface area contributed by atoms with Crippen LogP contribution in [0.5, 0.6) is 0 Å². The molecule has 0 aromatic carbocycles. The predicted octanol–water partition coefficient (Wildman–Crippen LogP) is 1.34. The number of Topliss-reactive ketones (excluding diaryl/α,β-unsaturated/α-hetero) is 1. The van der Waals surface area contributed by atoms with Crippen LogP contribution in [0.15, 0.2) is 0 Å². The molecule has 6 heteroatoms. The summed E-state index contributed by atoms with van der Waals surface area (Å²) in [5.74, 6) is -1.84. The summed E-state index contributed by atoms with van der Waals surface area (Å²) in [7, 11) is 0. The highest BCUT2D eigenvalue weighted by atomic mass is 16.5. The lowest BCUT2D eigenvalue weighted by Crippen LogP contribution is -2.55. The van der Waals surface area contributed by atoms with Gasteiger partial charge in [0.15, 0.2) is 5.41 Å². The van der Waals surface area contributed by atoms with Crippen molar-refractivity contribution < 1.29 is 19.4 Å². The quantitative estimate of drug-likeness (QED) is 0.783. The Morgan fingerprint density at radius 2 is 2.00 bits per heavy atom. The summed E-state index contributed by atoms with van der Waals surface area (Å²) in [6.45, 7) is 4.58. The molecular formula is C15H20N2O4. The average Bonchev–Trinajstić information content (AvgIpc) is 2.44. The van der Waals surface area contributed by atoms with Gasteiger partial charge in [0.25, 0.3) is 0 Å². The van der Waals surface area contributed by atoms with Crippen molar-refractivity contribution in [1.29, 1.82) is 10.5 Å². The number of carbonyl (C=O) groups excluding carboxylic acids is 2. The zero-order valence-corrected chi connectivity index (χ0v) is 12.5. The fourth-order valence-electron chi connectivity index (χ4n) is 3.09. The molecular weight excluding hydrogens is 272 g/mol. The Morgan fingerprint density at radius 3 is 2.43 bits per heavy atom. The van der Waals surface area contributed by atoms with Crippen LogP contribution >= 0.6 is 0 Å². The fourth-order valence-corrected chi connectivity index (χ4v) is 3.09. The maximum Gasteiger partial charge on any atom is 0.326 e.